The summed E-state index contributed by atoms with van der Waals surface area (Å²) in [7, 11) is 0. The molecule has 0 radical (unpaired) electrons. The number of hydrogen-bond acceptors (Lipinski definition) is 5. The second-order valence-electron chi connectivity index (χ2n) is 6.54. The van der Waals surface area contributed by atoms with Gasteiger partial charge in [0.2, 0.25) is 0 Å². The average molecular weight is 359 g/mol. The topological polar surface area (TPSA) is 54.5 Å². The third kappa shape index (κ3) is 5.28. The summed E-state index contributed by atoms with van der Waals surface area (Å²) in [5.74, 6) is 0.512. The molecule has 1 aliphatic heterocycles. The van der Waals surface area contributed by atoms with E-state index in [1.807, 2.05) is 36.6 Å². The van der Waals surface area contributed by atoms with E-state index >= 15 is 0 Å². The van der Waals surface area contributed by atoms with Gasteiger partial charge in [0.15, 0.2) is 11.2 Å². The van der Waals surface area contributed by atoms with Crippen molar-refractivity contribution < 1.29 is 9.53 Å². The molecule has 25 heavy (non-hydrogen) atoms. The minimum absolute atomic E-state index is 0.181. The molecule has 1 unspecified atom stereocenters. The monoisotopic (exact) mass is 359 g/mol. The van der Waals surface area contributed by atoms with E-state index in [1.54, 1.807) is 6.92 Å². The maximum atomic E-state index is 12.3. The van der Waals surface area contributed by atoms with Gasteiger partial charge in [0.05, 0.1) is 5.69 Å². The molecule has 1 aromatic heterocycles. The van der Waals surface area contributed by atoms with Gasteiger partial charge in [0, 0.05) is 11.9 Å². The van der Waals surface area contributed by atoms with Gasteiger partial charge in [-0.1, -0.05) is 24.1 Å². The maximum absolute atomic E-state index is 12.3. The molecule has 0 saturated carbocycles. The van der Waals surface area contributed by atoms with Crippen LogP contribution >= 0.6 is 11.3 Å². The van der Waals surface area contributed by atoms with E-state index in [2.05, 4.69) is 15.2 Å². The average Bonchev–Trinajstić information content (AvgIpc) is 3.04. The zero-order valence-electron chi connectivity index (χ0n) is 14.8. The minimum Gasteiger partial charge on any atom is -0.481 e. The molecule has 1 atom stereocenters. The van der Waals surface area contributed by atoms with E-state index in [0.29, 0.717) is 10.9 Å². The first-order valence-electron chi connectivity index (χ1n) is 8.81. The third-order valence-electron chi connectivity index (χ3n) is 4.32. The fourth-order valence-corrected chi connectivity index (χ4v) is 3.57. The number of carbonyl (C=O) groups excluding carboxylic acids is 1. The largest absolute Gasteiger partial charge is 0.481 e. The number of carbonyl (C=O) groups is 1. The molecule has 6 heteroatoms. The van der Waals surface area contributed by atoms with Crippen molar-refractivity contribution in [2.24, 2.45) is 0 Å². The van der Waals surface area contributed by atoms with Gasteiger partial charge in [-0.2, -0.15) is 0 Å². The van der Waals surface area contributed by atoms with E-state index in [9.17, 15) is 4.79 Å². The smallest absolute Gasteiger partial charge is 0.266 e. The van der Waals surface area contributed by atoms with Crippen molar-refractivity contribution >= 4 is 22.4 Å². The number of anilines is 1. The van der Waals surface area contributed by atoms with Crippen LogP contribution in [0.25, 0.3) is 0 Å². The predicted octanol–water partition coefficient (Wildman–Crippen LogP) is 3.84. The number of nitrogens with zero attached hydrogens (tertiary/aromatic N) is 2. The van der Waals surface area contributed by atoms with E-state index < -0.39 is 6.10 Å². The minimum atomic E-state index is -0.572. The lowest BCUT2D eigenvalue weighted by Crippen LogP contribution is -2.30. The molecule has 5 nitrogen and oxygen atoms in total. The Hall–Kier alpha value is -1.92. The highest BCUT2D eigenvalue weighted by Crippen LogP contribution is 2.20. The molecule has 2 aromatic rings. The molecular weight excluding hydrogens is 334 g/mol. The van der Waals surface area contributed by atoms with Crippen LogP contribution in [0.5, 0.6) is 5.75 Å². The predicted molar refractivity (Wildman–Crippen MR) is 101 cm³/mol. The number of likely N-dealkylation sites (tertiary alicyclic amines) is 1. The Morgan fingerprint density at radius 1 is 1.28 bits per heavy atom. The first-order valence-corrected chi connectivity index (χ1v) is 9.69. The first-order chi connectivity index (χ1) is 12.1. The SMILES string of the molecule is Cc1ccc(OC(C)C(=O)Nc2nc(CN3CCCCC3)cs2)cc1. The fourth-order valence-electron chi connectivity index (χ4n) is 2.87. The second kappa shape index (κ2) is 8.45. The van der Waals surface area contributed by atoms with Crippen molar-refractivity contribution in [3.63, 3.8) is 0 Å². The highest BCUT2D eigenvalue weighted by Gasteiger charge is 2.17. The van der Waals surface area contributed by atoms with Gasteiger partial charge in [-0.05, 0) is 51.9 Å². The van der Waals surface area contributed by atoms with Gasteiger partial charge in [0.1, 0.15) is 5.75 Å². The van der Waals surface area contributed by atoms with Crippen LogP contribution in [0.3, 0.4) is 0 Å². The Morgan fingerprint density at radius 2 is 2.00 bits per heavy atom. The van der Waals surface area contributed by atoms with Gasteiger partial charge in [-0.3, -0.25) is 15.0 Å². The Bertz CT molecular complexity index is 693. The summed E-state index contributed by atoms with van der Waals surface area (Å²) in [4.78, 5) is 19.3. The lowest BCUT2D eigenvalue weighted by Gasteiger charge is -2.25. The van der Waals surface area contributed by atoms with Gasteiger partial charge in [0.25, 0.3) is 5.91 Å². The molecule has 1 amide bonds. The lowest BCUT2D eigenvalue weighted by molar-refractivity contribution is -0.122. The van der Waals surface area contributed by atoms with Gasteiger partial charge < -0.3 is 4.74 Å². The molecule has 1 aliphatic rings. The molecular formula is C19H25N3O2S. The number of amides is 1. The summed E-state index contributed by atoms with van der Waals surface area (Å²) in [6.07, 6.45) is 3.29. The van der Waals surface area contributed by atoms with Crippen molar-refractivity contribution in [2.75, 3.05) is 18.4 Å². The molecule has 134 valence electrons. The number of rotatable bonds is 6. The molecule has 1 saturated heterocycles. The highest BCUT2D eigenvalue weighted by molar-refractivity contribution is 7.13. The second-order valence-corrected chi connectivity index (χ2v) is 7.40. The zero-order chi connectivity index (χ0) is 17.6. The molecule has 0 aliphatic carbocycles. The van der Waals surface area contributed by atoms with Gasteiger partial charge in [-0.15, -0.1) is 11.3 Å². The molecule has 1 N–H and O–H groups in total. The van der Waals surface area contributed by atoms with Crippen LogP contribution in [-0.4, -0.2) is 35.0 Å². The highest BCUT2D eigenvalue weighted by atomic mass is 32.1. The van der Waals surface area contributed by atoms with Crippen molar-refractivity contribution in [2.45, 2.75) is 45.8 Å². The maximum Gasteiger partial charge on any atom is 0.266 e. The van der Waals surface area contributed by atoms with Crippen molar-refractivity contribution in [1.82, 2.24) is 9.88 Å². The summed E-state index contributed by atoms with van der Waals surface area (Å²) in [5, 5.41) is 5.51. The number of hydrogen-bond donors (Lipinski definition) is 1. The van der Waals surface area contributed by atoms with Crippen LogP contribution in [0.15, 0.2) is 29.6 Å². The van der Waals surface area contributed by atoms with Gasteiger partial charge >= 0.3 is 0 Å². The number of ether oxygens (including phenoxy) is 1. The Balaban J connectivity index is 1.51. The third-order valence-corrected chi connectivity index (χ3v) is 5.13. The zero-order valence-corrected chi connectivity index (χ0v) is 15.6. The summed E-state index contributed by atoms with van der Waals surface area (Å²) in [6.45, 7) is 6.91. The molecule has 1 aromatic carbocycles. The summed E-state index contributed by atoms with van der Waals surface area (Å²) in [6, 6.07) is 7.68. The van der Waals surface area contributed by atoms with Crippen molar-refractivity contribution in [3.05, 3.63) is 40.9 Å². The van der Waals surface area contributed by atoms with E-state index in [4.69, 9.17) is 4.74 Å². The molecule has 0 bridgehead atoms. The van der Waals surface area contributed by atoms with Crippen LogP contribution in [-0.2, 0) is 11.3 Å². The summed E-state index contributed by atoms with van der Waals surface area (Å²) >= 11 is 1.47. The van der Waals surface area contributed by atoms with Crippen LogP contribution in [0, 0.1) is 6.92 Å². The number of piperidine rings is 1. The molecule has 1 fully saturated rings. The molecule has 2 heterocycles. The fraction of sp³-hybridized carbons (Fsp3) is 0.474. The summed E-state index contributed by atoms with van der Waals surface area (Å²) < 4.78 is 5.69. The van der Waals surface area contributed by atoms with E-state index in [1.165, 1.54) is 30.6 Å². The van der Waals surface area contributed by atoms with Crippen LogP contribution < -0.4 is 10.1 Å². The quantitative estimate of drug-likeness (QED) is 0.851. The number of thiazole rings is 1. The van der Waals surface area contributed by atoms with Crippen LogP contribution in [0.1, 0.15) is 37.4 Å². The van der Waals surface area contributed by atoms with Gasteiger partial charge in [-0.25, -0.2) is 4.98 Å². The molecule has 0 spiro atoms. The number of benzene rings is 1. The number of nitrogens with one attached hydrogen (secondary N) is 1. The molecule has 3 rings (SSSR count). The Kier molecular flexibility index (Phi) is 6.04. The van der Waals surface area contributed by atoms with Crippen molar-refractivity contribution in [1.29, 1.82) is 0 Å². The Labute approximate surface area is 153 Å². The summed E-state index contributed by atoms with van der Waals surface area (Å²) in [5.41, 5.74) is 2.18. The van der Waals surface area contributed by atoms with Crippen molar-refractivity contribution in [3.8, 4) is 5.75 Å². The lowest BCUT2D eigenvalue weighted by atomic mass is 10.1. The normalized spacial score (nSPS) is 16.4. The van der Waals surface area contributed by atoms with E-state index in [-0.39, 0.29) is 5.91 Å². The van der Waals surface area contributed by atoms with Crippen LogP contribution in [0.2, 0.25) is 0 Å². The number of aryl methyl sites for hydroxylation is 1. The Morgan fingerprint density at radius 3 is 2.72 bits per heavy atom. The van der Waals surface area contributed by atoms with E-state index in [0.717, 1.165) is 30.9 Å². The van der Waals surface area contributed by atoms with Crippen LogP contribution in [0.4, 0.5) is 5.13 Å². The first kappa shape index (κ1) is 17.9. The standard InChI is InChI=1S/C19H25N3O2S/c1-14-6-8-17(9-7-14)24-15(2)18(23)21-19-20-16(13-25-19)12-22-10-4-3-5-11-22/h6-9,13,15H,3-5,10-12H2,1-2H3,(H,20,21,23). The number of aromatic nitrogens is 1.